The Morgan fingerprint density at radius 3 is 2.36 bits per heavy atom. The second kappa shape index (κ2) is 10.4. The predicted octanol–water partition coefficient (Wildman–Crippen LogP) is 4.19. The van der Waals surface area contributed by atoms with Gasteiger partial charge < -0.3 is 14.9 Å². The van der Waals surface area contributed by atoms with Gasteiger partial charge >= 0.3 is 0 Å². The van der Waals surface area contributed by atoms with Crippen molar-refractivity contribution in [3.05, 3.63) is 71.2 Å². The number of piperazine rings is 1. The van der Waals surface area contributed by atoms with E-state index < -0.39 is 0 Å². The number of hydrogen-bond donors (Lipinski definition) is 1. The minimum absolute atomic E-state index is 0.249. The molecule has 0 spiro atoms. The molecule has 176 valence electrons. The molecule has 1 aliphatic rings. The minimum atomic E-state index is -0.249. The van der Waals surface area contributed by atoms with Gasteiger partial charge in [-0.2, -0.15) is 5.10 Å². The topological polar surface area (TPSA) is 47.8 Å². The monoisotopic (exact) mass is 451 g/mol. The summed E-state index contributed by atoms with van der Waals surface area (Å²) in [5, 5.41) is 15.2. The van der Waals surface area contributed by atoms with E-state index in [1.165, 1.54) is 17.7 Å². The third kappa shape index (κ3) is 5.37. The summed E-state index contributed by atoms with van der Waals surface area (Å²) in [6.45, 7) is 10.4. The van der Waals surface area contributed by atoms with Crippen LogP contribution >= 0.6 is 0 Å². The molecule has 33 heavy (non-hydrogen) atoms. The lowest BCUT2D eigenvalue weighted by Crippen LogP contribution is -2.45. The van der Waals surface area contributed by atoms with Gasteiger partial charge in [0.1, 0.15) is 17.4 Å². The van der Waals surface area contributed by atoms with E-state index in [1.54, 1.807) is 18.2 Å². The number of likely N-dealkylation sites (N-methyl/N-ethyl adjacent to an activating group) is 1. The molecule has 7 heteroatoms. The predicted molar refractivity (Wildman–Crippen MR) is 130 cm³/mol. The van der Waals surface area contributed by atoms with Gasteiger partial charge in [0.15, 0.2) is 0 Å². The van der Waals surface area contributed by atoms with Gasteiger partial charge in [0.25, 0.3) is 0 Å². The number of phenols is 1. The van der Waals surface area contributed by atoms with Gasteiger partial charge in [0.05, 0.1) is 11.4 Å². The summed E-state index contributed by atoms with van der Waals surface area (Å²) in [6.07, 6.45) is 1.02. The van der Waals surface area contributed by atoms with Crippen molar-refractivity contribution < 1.29 is 9.50 Å². The zero-order valence-corrected chi connectivity index (χ0v) is 19.8. The van der Waals surface area contributed by atoms with Gasteiger partial charge in [-0.05, 0) is 57.3 Å². The van der Waals surface area contributed by atoms with E-state index in [1.807, 2.05) is 22.9 Å². The molecule has 0 saturated carbocycles. The van der Waals surface area contributed by atoms with Crippen LogP contribution < -0.4 is 4.90 Å². The fourth-order valence-electron chi connectivity index (χ4n) is 4.48. The highest BCUT2D eigenvalue weighted by Gasteiger charge is 2.26. The third-order valence-electron chi connectivity index (χ3n) is 6.34. The van der Waals surface area contributed by atoms with E-state index in [0.717, 1.165) is 68.5 Å². The number of hydrogen-bond acceptors (Lipinski definition) is 5. The number of aromatic nitrogens is 2. The smallest absolute Gasteiger partial charge is 0.137 e. The van der Waals surface area contributed by atoms with Crippen molar-refractivity contribution >= 4 is 5.82 Å². The quantitative estimate of drug-likeness (QED) is 0.557. The van der Waals surface area contributed by atoms with Crippen molar-refractivity contribution in [2.75, 3.05) is 44.7 Å². The average Bonchev–Trinajstić information content (AvgIpc) is 3.12. The maximum absolute atomic E-state index is 13.6. The molecule has 0 aliphatic carbocycles. The van der Waals surface area contributed by atoms with Crippen LogP contribution in [0, 0.1) is 12.7 Å². The number of rotatable bonds is 8. The standard InChI is InChI=1S/C26H34FN5O/c1-4-13-30(18-21-7-5-6-8-25(21)33)19-24-20(2)28-32(23-11-9-22(27)10-12-23)26(24)31-16-14-29(3)15-17-31/h5-12,33H,4,13-19H2,1-3H3. The summed E-state index contributed by atoms with van der Waals surface area (Å²) in [5.74, 6) is 1.17. The zero-order chi connectivity index (χ0) is 23.4. The highest BCUT2D eigenvalue weighted by Crippen LogP contribution is 2.30. The van der Waals surface area contributed by atoms with Crippen molar-refractivity contribution in [2.45, 2.75) is 33.4 Å². The van der Waals surface area contributed by atoms with Gasteiger partial charge in [0, 0.05) is 50.4 Å². The maximum Gasteiger partial charge on any atom is 0.137 e. The SMILES string of the molecule is CCCN(Cc1ccccc1O)Cc1c(C)nn(-c2ccc(F)cc2)c1N1CCN(C)CC1. The lowest BCUT2D eigenvalue weighted by atomic mass is 10.1. The Morgan fingerprint density at radius 1 is 1.00 bits per heavy atom. The molecule has 2 aromatic carbocycles. The Bertz CT molecular complexity index is 1060. The first-order chi connectivity index (χ1) is 16.0. The van der Waals surface area contributed by atoms with Crippen molar-refractivity contribution in [3.63, 3.8) is 0 Å². The lowest BCUT2D eigenvalue weighted by molar-refractivity contribution is 0.253. The molecule has 0 amide bonds. The molecule has 1 fully saturated rings. The fraction of sp³-hybridized carbons (Fsp3) is 0.423. The molecule has 0 atom stereocenters. The molecule has 4 rings (SSSR count). The molecular weight excluding hydrogens is 417 g/mol. The van der Waals surface area contributed by atoms with Gasteiger partial charge in [-0.15, -0.1) is 0 Å². The molecule has 0 unspecified atom stereocenters. The Hall–Kier alpha value is -2.90. The molecule has 1 aliphatic heterocycles. The normalized spacial score (nSPS) is 14.9. The van der Waals surface area contributed by atoms with E-state index in [4.69, 9.17) is 5.10 Å². The fourth-order valence-corrected chi connectivity index (χ4v) is 4.48. The van der Waals surface area contributed by atoms with E-state index in [9.17, 15) is 9.50 Å². The van der Waals surface area contributed by atoms with Crippen molar-refractivity contribution in [1.29, 1.82) is 0 Å². The Balaban J connectivity index is 1.71. The first-order valence-corrected chi connectivity index (χ1v) is 11.7. The Morgan fingerprint density at radius 2 is 1.70 bits per heavy atom. The van der Waals surface area contributed by atoms with Gasteiger partial charge in [-0.3, -0.25) is 4.90 Å². The van der Waals surface area contributed by atoms with Gasteiger partial charge in [-0.25, -0.2) is 9.07 Å². The van der Waals surface area contributed by atoms with E-state index in [2.05, 4.69) is 35.6 Å². The van der Waals surface area contributed by atoms with E-state index in [-0.39, 0.29) is 5.82 Å². The zero-order valence-electron chi connectivity index (χ0n) is 19.8. The van der Waals surface area contributed by atoms with Crippen molar-refractivity contribution in [2.24, 2.45) is 0 Å². The minimum Gasteiger partial charge on any atom is -0.508 e. The number of para-hydroxylation sites is 1. The summed E-state index contributed by atoms with van der Waals surface area (Å²) < 4.78 is 15.6. The second-order valence-corrected chi connectivity index (χ2v) is 8.91. The van der Waals surface area contributed by atoms with Crippen LogP contribution in [0.1, 0.15) is 30.2 Å². The number of aryl methyl sites for hydroxylation is 1. The summed E-state index contributed by atoms with van der Waals surface area (Å²) in [7, 11) is 2.15. The molecule has 3 aromatic rings. The molecule has 1 saturated heterocycles. The molecule has 0 radical (unpaired) electrons. The molecule has 0 bridgehead atoms. The van der Waals surface area contributed by atoms with Crippen LogP contribution in [0.5, 0.6) is 5.75 Å². The van der Waals surface area contributed by atoms with Crippen molar-refractivity contribution in [1.82, 2.24) is 19.6 Å². The number of aromatic hydroxyl groups is 1. The summed E-state index contributed by atoms with van der Waals surface area (Å²) in [4.78, 5) is 7.11. The highest BCUT2D eigenvalue weighted by molar-refractivity contribution is 5.56. The number of nitrogens with zero attached hydrogens (tertiary/aromatic N) is 5. The molecule has 1 aromatic heterocycles. The van der Waals surface area contributed by atoms with E-state index >= 15 is 0 Å². The summed E-state index contributed by atoms with van der Waals surface area (Å²) >= 11 is 0. The summed E-state index contributed by atoms with van der Waals surface area (Å²) in [6, 6.07) is 14.1. The first kappa shape index (κ1) is 23.3. The first-order valence-electron chi connectivity index (χ1n) is 11.7. The number of phenolic OH excluding ortho intramolecular Hbond substituents is 1. The van der Waals surface area contributed by atoms with Crippen LogP contribution in [0.15, 0.2) is 48.5 Å². The Kier molecular flexibility index (Phi) is 7.30. The molecule has 2 heterocycles. The van der Waals surface area contributed by atoms with Crippen LogP contribution in [0.3, 0.4) is 0 Å². The second-order valence-electron chi connectivity index (χ2n) is 8.91. The average molecular weight is 452 g/mol. The van der Waals surface area contributed by atoms with Crippen LogP contribution in [0.4, 0.5) is 10.2 Å². The largest absolute Gasteiger partial charge is 0.508 e. The molecule has 1 N–H and O–H groups in total. The van der Waals surface area contributed by atoms with Gasteiger partial charge in [-0.1, -0.05) is 25.1 Å². The Labute approximate surface area is 195 Å². The van der Waals surface area contributed by atoms with Crippen LogP contribution in [-0.4, -0.2) is 64.5 Å². The van der Waals surface area contributed by atoms with Gasteiger partial charge in [0.2, 0.25) is 0 Å². The van der Waals surface area contributed by atoms with Crippen molar-refractivity contribution in [3.8, 4) is 11.4 Å². The van der Waals surface area contributed by atoms with E-state index in [0.29, 0.717) is 12.3 Å². The maximum atomic E-state index is 13.6. The number of anilines is 1. The number of halogens is 1. The summed E-state index contributed by atoms with van der Waals surface area (Å²) in [5.41, 5.74) is 3.96. The lowest BCUT2D eigenvalue weighted by Gasteiger charge is -2.35. The van der Waals surface area contributed by atoms with Crippen LogP contribution in [0.2, 0.25) is 0 Å². The number of benzene rings is 2. The third-order valence-corrected chi connectivity index (χ3v) is 6.34. The molecular formula is C26H34FN5O. The molecule has 6 nitrogen and oxygen atoms in total. The highest BCUT2D eigenvalue weighted by atomic mass is 19.1. The van der Waals surface area contributed by atoms with Crippen LogP contribution in [-0.2, 0) is 13.1 Å². The van der Waals surface area contributed by atoms with Crippen LogP contribution in [0.25, 0.3) is 5.69 Å².